The summed E-state index contributed by atoms with van der Waals surface area (Å²) in [7, 11) is 3.96. The second kappa shape index (κ2) is 9.30. The van der Waals surface area contributed by atoms with Crippen molar-refractivity contribution in [1.29, 1.82) is 0 Å². The molecule has 0 spiro atoms. The minimum Gasteiger partial charge on any atom is -0.508 e. The SMILES string of the molecule is CN(C)C(CNC(=O)OCCc1ccsc1)Cc1ccc(O)cc1. The van der Waals surface area contributed by atoms with Crippen molar-refractivity contribution in [3.63, 3.8) is 0 Å². The van der Waals surface area contributed by atoms with Crippen LogP contribution >= 0.6 is 11.3 Å². The van der Waals surface area contributed by atoms with E-state index >= 15 is 0 Å². The zero-order valence-corrected chi connectivity index (χ0v) is 14.9. The van der Waals surface area contributed by atoms with Gasteiger partial charge in [0.05, 0.1) is 6.61 Å². The van der Waals surface area contributed by atoms with Crippen LogP contribution in [0.4, 0.5) is 4.79 Å². The third-order valence-electron chi connectivity index (χ3n) is 3.82. The molecule has 2 N–H and O–H groups in total. The maximum atomic E-state index is 11.8. The summed E-state index contributed by atoms with van der Waals surface area (Å²) in [5.41, 5.74) is 2.30. The lowest BCUT2D eigenvalue weighted by molar-refractivity contribution is 0.143. The molecule has 0 bridgehead atoms. The van der Waals surface area contributed by atoms with Crippen molar-refractivity contribution in [3.05, 3.63) is 52.2 Å². The van der Waals surface area contributed by atoms with Crippen molar-refractivity contribution in [2.45, 2.75) is 18.9 Å². The molecule has 0 fully saturated rings. The number of ether oxygens (including phenoxy) is 1. The van der Waals surface area contributed by atoms with Crippen molar-refractivity contribution in [3.8, 4) is 5.75 Å². The van der Waals surface area contributed by atoms with Gasteiger partial charge in [-0.25, -0.2) is 4.79 Å². The minimum atomic E-state index is -0.386. The first-order valence-corrected chi connectivity index (χ1v) is 8.85. The highest BCUT2D eigenvalue weighted by Gasteiger charge is 2.14. The van der Waals surface area contributed by atoms with Crippen molar-refractivity contribution < 1.29 is 14.6 Å². The van der Waals surface area contributed by atoms with Gasteiger partial charge in [0.25, 0.3) is 0 Å². The molecule has 1 aromatic heterocycles. The number of amides is 1. The van der Waals surface area contributed by atoms with Gasteiger partial charge < -0.3 is 20.1 Å². The highest BCUT2D eigenvalue weighted by molar-refractivity contribution is 7.07. The maximum Gasteiger partial charge on any atom is 0.407 e. The van der Waals surface area contributed by atoms with Crippen molar-refractivity contribution in [1.82, 2.24) is 10.2 Å². The van der Waals surface area contributed by atoms with Gasteiger partial charge in [-0.05, 0) is 60.6 Å². The Bertz CT molecular complexity index is 612. The molecule has 0 saturated heterocycles. The van der Waals surface area contributed by atoms with Gasteiger partial charge in [0.15, 0.2) is 0 Å². The third-order valence-corrected chi connectivity index (χ3v) is 4.56. The van der Waals surface area contributed by atoms with Crippen LogP contribution in [0.3, 0.4) is 0 Å². The monoisotopic (exact) mass is 348 g/mol. The van der Waals surface area contributed by atoms with Gasteiger partial charge in [-0.2, -0.15) is 11.3 Å². The molecule has 2 aromatic rings. The molecular formula is C18H24N2O3S. The molecule has 1 atom stereocenters. The minimum absolute atomic E-state index is 0.152. The van der Waals surface area contributed by atoms with Crippen LogP contribution in [-0.4, -0.2) is 49.4 Å². The quantitative estimate of drug-likeness (QED) is 0.770. The Morgan fingerprint density at radius 1 is 1.25 bits per heavy atom. The smallest absolute Gasteiger partial charge is 0.407 e. The lowest BCUT2D eigenvalue weighted by Crippen LogP contribution is -2.41. The Kier molecular flexibility index (Phi) is 7.08. The summed E-state index contributed by atoms with van der Waals surface area (Å²) in [5.74, 6) is 0.257. The maximum absolute atomic E-state index is 11.8. The molecule has 0 aliphatic rings. The number of nitrogens with zero attached hydrogens (tertiary/aromatic N) is 1. The molecule has 0 radical (unpaired) electrons. The van der Waals surface area contributed by atoms with Crippen molar-refractivity contribution >= 4 is 17.4 Å². The number of likely N-dealkylation sites (N-methyl/N-ethyl adjacent to an activating group) is 1. The van der Waals surface area contributed by atoms with E-state index in [0.717, 1.165) is 18.4 Å². The number of nitrogens with one attached hydrogen (secondary N) is 1. The van der Waals surface area contributed by atoms with Crippen LogP contribution in [0.5, 0.6) is 5.75 Å². The Morgan fingerprint density at radius 2 is 2.00 bits per heavy atom. The molecule has 0 aliphatic carbocycles. The predicted octanol–water partition coefficient (Wildman–Crippen LogP) is 2.90. The average Bonchev–Trinajstić information content (AvgIpc) is 3.06. The fourth-order valence-corrected chi connectivity index (χ4v) is 2.99. The van der Waals surface area contributed by atoms with E-state index in [1.54, 1.807) is 23.5 Å². The fourth-order valence-electron chi connectivity index (χ4n) is 2.29. The summed E-state index contributed by atoms with van der Waals surface area (Å²) in [4.78, 5) is 13.9. The average molecular weight is 348 g/mol. The lowest BCUT2D eigenvalue weighted by Gasteiger charge is -2.24. The molecule has 1 aromatic carbocycles. The number of carbonyl (C=O) groups excluding carboxylic acids is 1. The van der Waals surface area contributed by atoms with E-state index in [1.165, 1.54) is 5.56 Å². The molecule has 5 nitrogen and oxygen atoms in total. The van der Waals surface area contributed by atoms with E-state index in [2.05, 4.69) is 15.6 Å². The first-order chi connectivity index (χ1) is 11.5. The number of phenolic OH excluding ortho intramolecular Hbond substituents is 1. The van der Waals surface area contributed by atoms with Crippen LogP contribution in [0.25, 0.3) is 0 Å². The van der Waals surface area contributed by atoms with Gasteiger partial charge in [0.1, 0.15) is 5.75 Å². The van der Waals surface area contributed by atoms with Crippen LogP contribution in [0.15, 0.2) is 41.1 Å². The molecule has 2 rings (SSSR count). The first-order valence-electron chi connectivity index (χ1n) is 7.90. The number of benzene rings is 1. The predicted molar refractivity (Wildman–Crippen MR) is 96.7 cm³/mol. The van der Waals surface area contributed by atoms with Crippen molar-refractivity contribution in [2.24, 2.45) is 0 Å². The zero-order chi connectivity index (χ0) is 17.4. The van der Waals surface area contributed by atoms with Gasteiger partial charge >= 0.3 is 6.09 Å². The number of carbonyl (C=O) groups is 1. The Morgan fingerprint density at radius 3 is 2.62 bits per heavy atom. The normalized spacial score (nSPS) is 12.1. The number of phenols is 1. The van der Waals surface area contributed by atoms with Gasteiger partial charge in [0, 0.05) is 19.0 Å². The molecular weight excluding hydrogens is 324 g/mol. The summed E-state index contributed by atoms with van der Waals surface area (Å²) in [6, 6.07) is 9.32. The highest BCUT2D eigenvalue weighted by Crippen LogP contribution is 2.12. The number of hydrogen-bond acceptors (Lipinski definition) is 5. The number of aromatic hydroxyl groups is 1. The molecule has 130 valence electrons. The Balaban J connectivity index is 1.73. The summed E-state index contributed by atoms with van der Waals surface area (Å²) < 4.78 is 5.21. The van der Waals surface area contributed by atoms with Crippen LogP contribution in [0, 0.1) is 0 Å². The van der Waals surface area contributed by atoms with E-state index in [4.69, 9.17) is 4.74 Å². The van der Waals surface area contributed by atoms with E-state index < -0.39 is 0 Å². The second-order valence-corrected chi connectivity index (χ2v) is 6.67. The number of alkyl carbamates (subject to hydrolysis) is 1. The number of hydrogen-bond donors (Lipinski definition) is 2. The fraction of sp³-hybridized carbons (Fsp3) is 0.389. The van der Waals surface area contributed by atoms with E-state index in [1.807, 2.05) is 37.7 Å². The van der Waals surface area contributed by atoms with Crippen LogP contribution in [-0.2, 0) is 17.6 Å². The Labute approximate surface area is 146 Å². The first kappa shape index (κ1) is 18.3. The molecule has 24 heavy (non-hydrogen) atoms. The summed E-state index contributed by atoms with van der Waals surface area (Å²) in [6.07, 6.45) is 1.13. The van der Waals surface area contributed by atoms with Gasteiger partial charge in [-0.15, -0.1) is 0 Å². The lowest BCUT2D eigenvalue weighted by atomic mass is 10.1. The van der Waals surface area contributed by atoms with Gasteiger partial charge in [0.2, 0.25) is 0 Å². The molecule has 1 amide bonds. The number of rotatable bonds is 8. The highest BCUT2D eigenvalue weighted by atomic mass is 32.1. The van der Waals surface area contributed by atoms with Crippen LogP contribution < -0.4 is 5.32 Å². The molecule has 0 saturated carbocycles. The molecule has 1 heterocycles. The molecule has 6 heteroatoms. The third kappa shape index (κ3) is 6.22. The molecule has 0 aliphatic heterocycles. The van der Waals surface area contributed by atoms with Gasteiger partial charge in [-0.3, -0.25) is 0 Å². The standard InChI is InChI=1S/C18H24N2O3S/c1-20(2)16(11-14-3-5-17(21)6-4-14)12-19-18(22)23-9-7-15-8-10-24-13-15/h3-6,8,10,13,16,21H,7,9,11-12H2,1-2H3,(H,19,22). The molecule has 1 unspecified atom stereocenters. The van der Waals surface area contributed by atoms with E-state index in [-0.39, 0.29) is 17.9 Å². The zero-order valence-electron chi connectivity index (χ0n) is 14.1. The largest absolute Gasteiger partial charge is 0.508 e. The summed E-state index contributed by atoms with van der Waals surface area (Å²) in [6.45, 7) is 0.887. The van der Waals surface area contributed by atoms with Gasteiger partial charge in [-0.1, -0.05) is 12.1 Å². The second-order valence-electron chi connectivity index (χ2n) is 5.89. The number of thiophene rings is 1. The topological polar surface area (TPSA) is 61.8 Å². The summed E-state index contributed by atoms with van der Waals surface area (Å²) >= 11 is 1.64. The van der Waals surface area contributed by atoms with E-state index in [9.17, 15) is 9.90 Å². The van der Waals surface area contributed by atoms with Crippen LogP contribution in [0.2, 0.25) is 0 Å². The van der Waals surface area contributed by atoms with E-state index in [0.29, 0.717) is 13.2 Å². The van der Waals surface area contributed by atoms with Crippen LogP contribution in [0.1, 0.15) is 11.1 Å². The Hall–Kier alpha value is -2.05. The summed E-state index contributed by atoms with van der Waals surface area (Å²) in [5, 5.41) is 16.2. The van der Waals surface area contributed by atoms with Crippen molar-refractivity contribution in [2.75, 3.05) is 27.2 Å².